The van der Waals surface area contributed by atoms with Crippen molar-refractivity contribution in [1.29, 1.82) is 0 Å². The van der Waals surface area contributed by atoms with Gasteiger partial charge in [0.05, 0.1) is 12.2 Å². The fourth-order valence-corrected chi connectivity index (χ4v) is 4.08. The molecule has 0 aromatic heterocycles. The molecule has 0 heterocycles. The lowest BCUT2D eigenvalue weighted by atomic mass is 10.1. The first kappa shape index (κ1) is 24.5. The van der Waals surface area contributed by atoms with Crippen LogP contribution in [0, 0.1) is 0 Å². The molecule has 8 heteroatoms. The molecule has 0 amide bonds. The lowest BCUT2D eigenvalue weighted by Gasteiger charge is -2.38. The number of nitrogens with one attached hydrogen (secondary N) is 1. The molecule has 1 unspecified atom stereocenters. The first-order valence-corrected chi connectivity index (χ1v) is 13.3. The van der Waals surface area contributed by atoms with E-state index in [1.165, 1.54) is 12.1 Å². The van der Waals surface area contributed by atoms with Gasteiger partial charge in [0, 0.05) is 16.4 Å². The molecule has 0 aliphatic rings. The zero-order valence-corrected chi connectivity index (χ0v) is 20.0. The number of carboxylic acids is 1. The summed E-state index contributed by atoms with van der Waals surface area (Å²) in [6, 6.07) is 4.18. The van der Waals surface area contributed by atoms with E-state index in [1.54, 1.807) is 6.07 Å². The third kappa shape index (κ3) is 6.76. The summed E-state index contributed by atoms with van der Waals surface area (Å²) in [5.74, 6) is -1.04. The number of carboxylic acid groups (broad SMARTS) is 1. The van der Waals surface area contributed by atoms with Gasteiger partial charge in [0.25, 0.3) is 0 Å². The van der Waals surface area contributed by atoms with Crippen LogP contribution in [0.4, 0.5) is 0 Å². The van der Waals surface area contributed by atoms with Crippen LogP contribution in [0.5, 0.6) is 0 Å². The number of carbonyl (C=O) groups is 1. The predicted molar refractivity (Wildman–Crippen MR) is 115 cm³/mol. The van der Waals surface area contributed by atoms with Gasteiger partial charge in [-0.15, -0.1) is 4.72 Å². The van der Waals surface area contributed by atoms with Gasteiger partial charge in [0.2, 0.25) is 0 Å². The molecule has 1 aromatic carbocycles. The topological polar surface area (TPSA) is 81.6 Å². The highest BCUT2D eigenvalue weighted by Crippen LogP contribution is 2.37. The summed E-state index contributed by atoms with van der Waals surface area (Å²) in [5, 5.41) is 9.50. The molecule has 0 spiro atoms. The van der Waals surface area contributed by atoms with Gasteiger partial charge in [0.1, 0.15) is 10.8 Å². The molecule has 0 aliphatic heterocycles. The van der Waals surface area contributed by atoms with Crippen molar-refractivity contribution in [2.45, 2.75) is 70.5 Å². The molecular weight excluding hydrogens is 402 g/mol. The van der Waals surface area contributed by atoms with Crippen molar-refractivity contribution in [3.05, 3.63) is 34.3 Å². The second-order valence-corrected chi connectivity index (χ2v) is 16.4. The summed E-state index contributed by atoms with van der Waals surface area (Å²) < 4.78 is 21.7. The van der Waals surface area contributed by atoms with Crippen molar-refractivity contribution in [3.8, 4) is 0 Å². The van der Waals surface area contributed by atoms with Gasteiger partial charge >= 0.3 is 5.97 Å². The molecule has 1 aromatic rings. The van der Waals surface area contributed by atoms with Gasteiger partial charge < -0.3 is 14.1 Å². The van der Waals surface area contributed by atoms with E-state index in [0.717, 1.165) is 0 Å². The largest absolute Gasteiger partial charge is 0.598 e. The first-order chi connectivity index (χ1) is 12.1. The van der Waals surface area contributed by atoms with Gasteiger partial charge in [-0.25, -0.2) is 4.79 Å². The summed E-state index contributed by atoms with van der Waals surface area (Å²) in [4.78, 5) is 11.2. The normalized spacial score (nSPS) is 15.5. The van der Waals surface area contributed by atoms with Crippen molar-refractivity contribution in [1.82, 2.24) is 4.72 Å². The monoisotopic (exact) mass is 433 g/mol. The highest BCUT2D eigenvalue weighted by molar-refractivity contribution is 7.90. The van der Waals surface area contributed by atoms with Gasteiger partial charge in [-0.3, -0.25) is 0 Å². The zero-order chi connectivity index (χ0) is 21.2. The standard InChI is InChI=1S/C19H32ClNO4SSi/c1-18(2,3)26(24)21-16(12-25-27(7,8)19(4,5)6)14-10-9-13(17(22)23)11-15(14)20/h9-11,16,21H,12H2,1-8H3,(H,22,23)/t16-,26?/m1/s1. The van der Waals surface area contributed by atoms with Crippen LogP contribution in [0.25, 0.3) is 0 Å². The summed E-state index contributed by atoms with van der Waals surface area (Å²) in [5.41, 5.74) is 0.794. The van der Waals surface area contributed by atoms with Gasteiger partial charge in [0.15, 0.2) is 8.32 Å². The van der Waals surface area contributed by atoms with E-state index < -0.39 is 36.4 Å². The number of hydrogen-bond donors (Lipinski definition) is 2. The van der Waals surface area contributed by atoms with Crippen LogP contribution >= 0.6 is 11.6 Å². The quantitative estimate of drug-likeness (QED) is 0.458. The third-order valence-corrected chi connectivity index (χ3v) is 11.3. The Morgan fingerprint density at radius 1 is 1.30 bits per heavy atom. The maximum Gasteiger partial charge on any atom is 0.335 e. The Morgan fingerprint density at radius 3 is 2.26 bits per heavy atom. The number of halogens is 1. The van der Waals surface area contributed by atoms with E-state index >= 15 is 0 Å². The van der Waals surface area contributed by atoms with Crippen LogP contribution in [0.15, 0.2) is 18.2 Å². The van der Waals surface area contributed by atoms with E-state index in [-0.39, 0.29) is 10.6 Å². The molecular formula is C19H32ClNO4SSi. The van der Waals surface area contributed by atoms with Crippen molar-refractivity contribution in [2.75, 3.05) is 6.61 Å². The Bertz CT molecular complexity index is 671. The Morgan fingerprint density at radius 2 is 1.85 bits per heavy atom. The molecule has 2 N–H and O–H groups in total. The molecule has 0 fully saturated rings. The summed E-state index contributed by atoms with van der Waals surface area (Å²) in [6.07, 6.45) is 0. The van der Waals surface area contributed by atoms with Gasteiger partial charge in [-0.1, -0.05) is 38.4 Å². The smallest absolute Gasteiger partial charge is 0.335 e. The van der Waals surface area contributed by atoms with Crippen LogP contribution in [-0.4, -0.2) is 35.3 Å². The van der Waals surface area contributed by atoms with Crippen LogP contribution in [0.1, 0.15) is 63.5 Å². The molecule has 154 valence electrons. The van der Waals surface area contributed by atoms with E-state index in [9.17, 15) is 9.35 Å². The molecule has 5 nitrogen and oxygen atoms in total. The molecule has 0 saturated carbocycles. The maximum absolute atomic E-state index is 12.7. The minimum Gasteiger partial charge on any atom is -0.598 e. The number of aromatic carboxylic acids is 1. The molecule has 0 saturated heterocycles. The first-order valence-electron chi connectivity index (χ1n) is 8.91. The SMILES string of the molecule is CC(C)(C)[S+]([O-])N[C@H](CO[Si](C)(C)C(C)(C)C)c1ccc(C(=O)O)cc1Cl. The Labute approximate surface area is 172 Å². The van der Waals surface area contributed by atoms with Crippen molar-refractivity contribution in [3.63, 3.8) is 0 Å². The van der Waals surface area contributed by atoms with Gasteiger partial charge in [-0.05, 0) is 56.6 Å². The molecule has 0 aliphatic carbocycles. The zero-order valence-electron chi connectivity index (χ0n) is 17.5. The molecule has 0 bridgehead atoms. The molecule has 27 heavy (non-hydrogen) atoms. The van der Waals surface area contributed by atoms with E-state index in [0.29, 0.717) is 17.2 Å². The van der Waals surface area contributed by atoms with Crippen LogP contribution < -0.4 is 4.72 Å². The molecule has 1 rings (SSSR count). The number of hydrogen-bond acceptors (Lipinski definition) is 4. The Balaban J connectivity index is 3.17. The number of benzene rings is 1. The second-order valence-electron chi connectivity index (χ2n) is 9.16. The highest BCUT2D eigenvalue weighted by atomic mass is 35.5. The Hall–Kier alpha value is -0.573. The third-order valence-electron chi connectivity index (χ3n) is 4.85. The fourth-order valence-electron chi connectivity index (χ4n) is 1.94. The second kappa shape index (κ2) is 8.84. The average molecular weight is 434 g/mol. The van der Waals surface area contributed by atoms with Crippen molar-refractivity contribution >= 4 is 37.2 Å². The highest BCUT2D eigenvalue weighted by Gasteiger charge is 2.39. The molecule has 2 atom stereocenters. The summed E-state index contributed by atoms with van der Waals surface area (Å²) >= 11 is 5.03. The van der Waals surface area contributed by atoms with Gasteiger partial charge in [-0.2, -0.15) is 0 Å². The predicted octanol–water partition coefficient (Wildman–Crippen LogP) is 5.15. The average Bonchev–Trinajstić information content (AvgIpc) is 2.49. The van der Waals surface area contributed by atoms with E-state index in [4.69, 9.17) is 21.1 Å². The minimum absolute atomic E-state index is 0.0394. The lowest BCUT2D eigenvalue weighted by Crippen LogP contribution is -2.46. The van der Waals surface area contributed by atoms with Crippen LogP contribution in [0.2, 0.25) is 23.2 Å². The minimum atomic E-state index is -2.02. The Kier molecular flexibility index (Phi) is 8.01. The summed E-state index contributed by atoms with van der Waals surface area (Å²) in [6.45, 7) is 16.7. The maximum atomic E-state index is 12.7. The van der Waals surface area contributed by atoms with Crippen molar-refractivity contribution in [2.24, 2.45) is 0 Å². The summed E-state index contributed by atoms with van der Waals surface area (Å²) in [7, 11) is -2.02. The fraction of sp³-hybridized carbons (Fsp3) is 0.632. The molecule has 0 radical (unpaired) electrons. The van der Waals surface area contributed by atoms with Crippen molar-refractivity contribution < 1.29 is 18.9 Å². The van der Waals surface area contributed by atoms with Crippen LogP contribution in [-0.2, 0) is 15.8 Å². The van der Waals surface area contributed by atoms with E-state index in [2.05, 4.69) is 38.6 Å². The number of rotatable bonds is 7. The van der Waals surface area contributed by atoms with E-state index in [1.807, 2.05) is 20.8 Å². The van der Waals surface area contributed by atoms with Crippen LogP contribution in [0.3, 0.4) is 0 Å². The lowest BCUT2D eigenvalue weighted by molar-refractivity contribution is 0.0697.